The third-order valence-corrected chi connectivity index (χ3v) is 2.20. The van der Waals surface area contributed by atoms with Crippen LogP contribution in [0.15, 0.2) is 18.2 Å². The second-order valence-electron chi connectivity index (χ2n) is 3.46. The first-order chi connectivity index (χ1) is 8.72. The number of nitriles is 1. The summed E-state index contributed by atoms with van der Waals surface area (Å²) in [5, 5.41) is 20.3. The van der Waals surface area contributed by atoms with Gasteiger partial charge >= 0.3 is 0 Å². The molecule has 7 heteroatoms. The van der Waals surface area contributed by atoms with E-state index in [9.17, 15) is 0 Å². The zero-order chi connectivity index (χ0) is 13.0. The minimum absolute atomic E-state index is 0.191. The second kappa shape index (κ2) is 5.14. The number of ether oxygens (including phenoxy) is 2. The molecular formula is C11H11N5O2. The van der Waals surface area contributed by atoms with Crippen LogP contribution in [-0.4, -0.2) is 27.3 Å². The average molecular weight is 245 g/mol. The van der Waals surface area contributed by atoms with Crippen LogP contribution < -0.4 is 9.47 Å². The molecule has 1 aromatic carbocycles. The highest BCUT2D eigenvalue weighted by molar-refractivity contribution is 5.46. The number of benzene rings is 1. The largest absolute Gasteiger partial charge is 0.493 e. The molecule has 0 aliphatic heterocycles. The Bertz CT molecular complexity index is 587. The molecule has 0 atom stereocenters. The Balaban J connectivity index is 2.12. The maximum Gasteiger partial charge on any atom is 0.212 e. The van der Waals surface area contributed by atoms with Crippen LogP contribution in [0.4, 0.5) is 0 Å². The minimum Gasteiger partial charge on any atom is -0.493 e. The van der Waals surface area contributed by atoms with Gasteiger partial charge in [0.05, 0.1) is 25.8 Å². The lowest BCUT2D eigenvalue weighted by atomic mass is 10.2. The van der Waals surface area contributed by atoms with Crippen molar-refractivity contribution in [2.75, 3.05) is 7.11 Å². The smallest absolute Gasteiger partial charge is 0.212 e. The van der Waals surface area contributed by atoms with Gasteiger partial charge in [0.1, 0.15) is 0 Å². The van der Waals surface area contributed by atoms with Gasteiger partial charge in [-0.3, -0.25) is 0 Å². The molecule has 0 saturated carbocycles. The van der Waals surface area contributed by atoms with Crippen molar-refractivity contribution in [2.24, 2.45) is 7.05 Å². The van der Waals surface area contributed by atoms with E-state index in [-0.39, 0.29) is 6.61 Å². The van der Waals surface area contributed by atoms with Crippen LogP contribution in [-0.2, 0) is 13.7 Å². The molecule has 92 valence electrons. The van der Waals surface area contributed by atoms with E-state index in [2.05, 4.69) is 15.4 Å². The highest BCUT2D eigenvalue weighted by atomic mass is 16.5. The zero-order valence-corrected chi connectivity index (χ0v) is 9.99. The van der Waals surface area contributed by atoms with E-state index < -0.39 is 0 Å². The summed E-state index contributed by atoms with van der Waals surface area (Å²) in [5.74, 6) is 1.51. The Kier molecular flexibility index (Phi) is 3.38. The molecule has 0 radical (unpaired) electrons. The van der Waals surface area contributed by atoms with E-state index in [1.807, 2.05) is 6.07 Å². The van der Waals surface area contributed by atoms with Gasteiger partial charge in [-0.25, -0.2) is 0 Å². The van der Waals surface area contributed by atoms with Gasteiger partial charge in [0, 0.05) is 6.07 Å². The van der Waals surface area contributed by atoms with E-state index >= 15 is 0 Å². The zero-order valence-electron chi connectivity index (χ0n) is 9.99. The van der Waals surface area contributed by atoms with Crippen LogP contribution in [0.1, 0.15) is 11.4 Å². The Morgan fingerprint density at radius 2 is 2.22 bits per heavy atom. The molecule has 7 nitrogen and oxygen atoms in total. The van der Waals surface area contributed by atoms with Crippen LogP contribution >= 0.6 is 0 Å². The fraction of sp³-hybridized carbons (Fsp3) is 0.273. The van der Waals surface area contributed by atoms with Crippen molar-refractivity contribution < 1.29 is 9.47 Å². The topological polar surface area (TPSA) is 85.9 Å². The number of rotatable bonds is 4. The molecule has 1 aromatic heterocycles. The maximum absolute atomic E-state index is 8.78. The predicted molar refractivity (Wildman–Crippen MR) is 60.8 cm³/mol. The predicted octanol–water partition coefficient (Wildman–Crippen LogP) is 0.669. The summed E-state index contributed by atoms with van der Waals surface area (Å²) in [4.78, 5) is 1.36. The van der Waals surface area contributed by atoms with Gasteiger partial charge in [-0.2, -0.15) is 10.1 Å². The normalized spacial score (nSPS) is 9.83. The van der Waals surface area contributed by atoms with Crippen LogP contribution in [0.2, 0.25) is 0 Å². The molecule has 0 amide bonds. The number of hydrogen-bond donors (Lipinski definition) is 0. The molecule has 0 aliphatic rings. The Morgan fingerprint density at radius 3 is 2.83 bits per heavy atom. The van der Waals surface area contributed by atoms with Crippen molar-refractivity contribution in [3.8, 4) is 17.6 Å². The van der Waals surface area contributed by atoms with E-state index in [0.717, 1.165) is 0 Å². The Hall–Kier alpha value is -2.62. The van der Waals surface area contributed by atoms with E-state index in [0.29, 0.717) is 22.9 Å². The van der Waals surface area contributed by atoms with Gasteiger partial charge in [0.2, 0.25) is 5.82 Å². The second-order valence-corrected chi connectivity index (χ2v) is 3.46. The van der Waals surface area contributed by atoms with Crippen molar-refractivity contribution in [3.05, 3.63) is 29.6 Å². The number of hydrogen-bond acceptors (Lipinski definition) is 6. The quantitative estimate of drug-likeness (QED) is 0.786. The van der Waals surface area contributed by atoms with Crippen LogP contribution in [0.25, 0.3) is 0 Å². The lowest BCUT2D eigenvalue weighted by molar-refractivity contribution is 0.276. The Labute approximate surface area is 104 Å². The van der Waals surface area contributed by atoms with Crippen molar-refractivity contribution in [1.29, 1.82) is 5.26 Å². The summed E-state index contributed by atoms with van der Waals surface area (Å²) in [7, 11) is 3.20. The molecule has 0 fully saturated rings. The van der Waals surface area contributed by atoms with Crippen LogP contribution in [0.3, 0.4) is 0 Å². The molecule has 0 bridgehead atoms. The van der Waals surface area contributed by atoms with E-state index in [1.165, 1.54) is 11.9 Å². The molecule has 2 rings (SSSR count). The lowest BCUT2D eigenvalue weighted by Gasteiger charge is -2.08. The van der Waals surface area contributed by atoms with Crippen molar-refractivity contribution in [2.45, 2.75) is 6.61 Å². The third kappa shape index (κ3) is 2.55. The SMILES string of the molecule is COc1cc(C#N)ccc1OCc1nnn(C)n1. The molecule has 0 saturated heterocycles. The van der Waals surface area contributed by atoms with Crippen molar-refractivity contribution >= 4 is 0 Å². The summed E-state index contributed by atoms with van der Waals surface area (Å²) >= 11 is 0. The first-order valence-corrected chi connectivity index (χ1v) is 5.16. The number of tetrazole rings is 1. The summed E-state index contributed by atoms with van der Waals surface area (Å²) < 4.78 is 10.7. The molecule has 0 aliphatic carbocycles. The van der Waals surface area contributed by atoms with Gasteiger partial charge in [-0.1, -0.05) is 0 Å². The molecular weight excluding hydrogens is 234 g/mol. The third-order valence-electron chi connectivity index (χ3n) is 2.20. The molecule has 18 heavy (non-hydrogen) atoms. The van der Waals surface area contributed by atoms with Gasteiger partial charge in [0.25, 0.3) is 0 Å². The minimum atomic E-state index is 0.191. The number of aromatic nitrogens is 4. The average Bonchev–Trinajstić information content (AvgIpc) is 2.82. The lowest BCUT2D eigenvalue weighted by Crippen LogP contribution is -2.00. The first kappa shape index (κ1) is 11.9. The van der Waals surface area contributed by atoms with E-state index in [1.54, 1.807) is 25.2 Å². The number of aryl methyl sites for hydroxylation is 1. The van der Waals surface area contributed by atoms with E-state index in [4.69, 9.17) is 14.7 Å². The Morgan fingerprint density at radius 1 is 1.39 bits per heavy atom. The van der Waals surface area contributed by atoms with Crippen LogP contribution in [0, 0.1) is 11.3 Å². The molecule has 0 unspecified atom stereocenters. The standard InChI is InChI=1S/C11H11N5O2/c1-16-14-11(13-15-16)7-18-9-4-3-8(6-12)5-10(9)17-2/h3-5H,7H2,1-2H3. The summed E-state index contributed by atoms with van der Waals surface area (Å²) in [6.45, 7) is 0.191. The summed E-state index contributed by atoms with van der Waals surface area (Å²) in [6, 6.07) is 6.97. The summed E-state index contributed by atoms with van der Waals surface area (Å²) in [6.07, 6.45) is 0. The van der Waals surface area contributed by atoms with Gasteiger partial charge in [-0.05, 0) is 17.3 Å². The molecule has 0 spiro atoms. The molecule has 2 aromatic rings. The van der Waals surface area contributed by atoms with Gasteiger partial charge in [-0.15, -0.1) is 10.2 Å². The van der Waals surface area contributed by atoms with Crippen molar-refractivity contribution in [1.82, 2.24) is 20.2 Å². The fourth-order valence-electron chi connectivity index (χ4n) is 1.38. The fourth-order valence-corrected chi connectivity index (χ4v) is 1.38. The number of methoxy groups -OCH3 is 1. The van der Waals surface area contributed by atoms with Crippen LogP contribution in [0.5, 0.6) is 11.5 Å². The maximum atomic E-state index is 8.78. The van der Waals surface area contributed by atoms with Gasteiger partial charge < -0.3 is 9.47 Å². The highest BCUT2D eigenvalue weighted by Gasteiger charge is 2.08. The van der Waals surface area contributed by atoms with Crippen molar-refractivity contribution in [3.63, 3.8) is 0 Å². The van der Waals surface area contributed by atoms with Gasteiger partial charge in [0.15, 0.2) is 18.1 Å². The first-order valence-electron chi connectivity index (χ1n) is 5.16. The highest BCUT2D eigenvalue weighted by Crippen LogP contribution is 2.28. The molecule has 0 N–H and O–H groups in total. The molecule has 1 heterocycles. The monoisotopic (exact) mass is 245 g/mol. The number of nitrogens with zero attached hydrogens (tertiary/aromatic N) is 5. The summed E-state index contributed by atoms with van der Waals surface area (Å²) in [5.41, 5.74) is 0.511.